The third kappa shape index (κ3) is 6.13. The molecule has 1 amide bonds. The summed E-state index contributed by atoms with van der Waals surface area (Å²) in [7, 11) is 0. The first-order valence-electron chi connectivity index (χ1n) is 6.30. The van der Waals surface area contributed by atoms with Crippen LogP contribution in [0.3, 0.4) is 0 Å². The van der Waals surface area contributed by atoms with Crippen molar-refractivity contribution in [2.75, 3.05) is 0 Å². The number of rotatable bonds is 1. The molecule has 0 unspecified atom stereocenters. The lowest BCUT2D eigenvalue weighted by Gasteiger charge is -2.25. The van der Waals surface area contributed by atoms with Crippen LogP contribution in [-0.4, -0.2) is 22.1 Å². The fourth-order valence-corrected chi connectivity index (χ4v) is 2.56. The summed E-state index contributed by atoms with van der Waals surface area (Å²) in [4.78, 5) is 11.8. The molecule has 0 saturated heterocycles. The van der Waals surface area contributed by atoms with Crippen LogP contribution in [0.5, 0.6) is 0 Å². The van der Waals surface area contributed by atoms with Crippen molar-refractivity contribution in [3.05, 3.63) is 12.2 Å². The highest BCUT2D eigenvalue weighted by Gasteiger charge is 2.22. The van der Waals surface area contributed by atoms with E-state index in [-0.39, 0.29) is 22.1 Å². The molecule has 1 aliphatic rings. The average molecular weight is 256 g/mol. The van der Waals surface area contributed by atoms with Gasteiger partial charge in [-0.2, -0.15) is 0 Å². The van der Waals surface area contributed by atoms with E-state index < -0.39 is 0 Å². The van der Waals surface area contributed by atoms with E-state index in [0.717, 1.165) is 19.3 Å². The van der Waals surface area contributed by atoms with E-state index in [9.17, 15) is 4.79 Å². The zero-order chi connectivity index (χ0) is 12.9. The lowest BCUT2D eigenvalue weighted by atomic mass is 9.98. The number of carbonyl (C=O) groups excluding carboxylic acids is 1. The molecule has 0 aliphatic heterocycles. The molecule has 0 saturated carbocycles. The summed E-state index contributed by atoms with van der Waals surface area (Å²) in [6.07, 6.45) is 8.59. The molecule has 0 aromatic carbocycles. The summed E-state index contributed by atoms with van der Waals surface area (Å²) < 4.78 is -0.0560. The minimum Gasteiger partial charge on any atom is -0.339 e. The SMILES string of the molecule is CC(C)(C)SC(=O)N[C@@H]1/C=C/CCCC[C@H]1N. The standard InChI is InChI=1S/C13H24N2OS/c1-13(2,3)17-12(16)15-11-9-7-5-4-6-8-10(11)14/h7,9-11H,4-6,8,14H2,1-3H3,(H,15,16)/b9-7+/t10-,11-/m1/s1. The van der Waals surface area contributed by atoms with E-state index in [1.54, 1.807) is 0 Å². The predicted octanol–water partition coefficient (Wildman–Crippen LogP) is 3.05. The maximum absolute atomic E-state index is 11.8. The number of nitrogens with two attached hydrogens (primary N) is 1. The molecule has 1 rings (SSSR count). The number of nitrogens with one attached hydrogen (secondary N) is 1. The zero-order valence-electron chi connectivity index (χ0n) is 11.0. The molecule has 0 radical (unpaired) electrons. The van der Waals surface area contributed by atoms with E-state index >= 15 is 0 Å². The lowest BCUT2D eigenvalue weighted by Crippen LogP contribution is -2.46. The predicted molar refractivity (Wildman–Crippen MR) is 75.2 cm³/mol. The van der Waals surface area contributed by atoms with Crippen LogP contribution in [0.4, 0.5) is 4.79 Å². The number of amides is 1. The molecule has 3 N–H and O–H groups in total. The van der Waals surface area contributed by atoms with E-state index in [0.29, 0.717) is 0 Å². The van der Waals surface area contributed by atoms with Crippen LogP contribution in [0.2, 0.25) is 0 Å². The maximum Gasteiger partial charge on any atom is 0.280 e. The number of thioether (sulfide) groups is 1. The van der Waals surface area contributed by atoms with Crippen molar-refractivity contribution in [3.63, 3.8) is 0 Å². The molecular weight excluding hydrogens is 232 g/mol. The van der Waals surface area contributed by atoms with Crippen molar-refractivity contribution in [2.24, 2.45) is 5.73 Å². The van der Waals surface area contributed by atoms with E-state index in [4.69, 9.17) is 5.73 Å². The van der Waals surface area contributed by atoms with Crippen LogP contribution < -0.4 is 11.1 Å². The van der Waals surface area contributed by atoms with Gasteiger partial charge in [0.15, 0.2) is 0 Å². The zero-order valence-corrected chi connectivity index (χ0v) is 11.8. The average Bonchev–Trinajstić information content (AvgIpc) is 2.15. The second kappa shape index (κ2) is 6.45. The van der Waals surface area contributed by atoms with Crippen LogP contribution in [0.15, 0.2) is 12.2 Å². The van der Waals surface area contributed by atoms with Crippen LogP contribution in [0.25, 0.3) is 0 Å². The number of hydrogen-bond acceptors (Lipinski definition) is 3. The van der Waals surface area contributed by atoms with Gasteiger partial charge in [0.25, 0.3) is 5.24 Å². The fraction of sp³-hybridized carbons (Fsp3) is 0.769. The van der Waals surface area contributed by atoms with Gasteiger partial charge in [-0.3, -0.25) is 4.79 Å². The molecule has 0 bridgehead atoms. The quantitative estimate of drug-likeness (QED) is 0.709. The van der Waals surface area contributed by atoms with Crippen molar-refractivity contribution in [3.8, 4) is 0 Å². The highest BCUT2D eigenvalue weighted by Crippen LogP contribution is 2.24. The smallest absolute Gasteiger partial charge is 0.280 e. The van der Waals surface area contributed by atoms with Crippen LogP contribution in [-0.2, 0) is 0 Å². The second-order valence-corrected chi connectivity index (χ2v) is 7.35. The summed E-state index contributed by atoms with van der Waals surface area (Å²) in [5.74, 6) is 0. The molecular formula is C13H24N2OS. The first kappa shape index (κ1) is 14.6. The third-order valence-electron chi connectivity index (χ3n) is 2.65. The maximum atomic E-state index is 11.8. The van der Waals surface area contributed by atoms with Crippen LogP contribution in [0.1, 0.15) is 46.5 Å². The minimum absolute atomic E-state index is 0.0161. The first-order valence-corrected chi connectivity index (χ1v) is 7.12. The second-order valence-electron chi connectivity index (χ2n) is 5.55. The van der Waals surface area contributed by atoms with Gasteiger partial charge < -0.3 is 11.1 Å². The molecule has 1 aliphatic carbocycles. The highest BCUT2D eigenvalue weighted by atomic mass is 32.2. The van der Waals surface area contributed by atoms with Gasteiger partial charge >= 0.3 is 0 Å². The molecule has 4 heteroatoms. The molecule has 3 nitrogen and oxygen atoms in total. The molecule has 2 atom stereocenters. The van der Waals surface area contributed by atoms with E-state index in [1.807, 2.05) is 26.8 Å². The van der Waals surface area contributed by atoms with Gasteiger partial charge in [-0.05, 0) is 19.3 Å². The number of allylic oxidation sites excluding steroid dienone is 1. The van der Waals surface area contributed by atoms with Crippen molar-refractivity contribution >= 4 is 17.0 Å². The van der Waals surface area contributed by atoms with Gasteiger partial charge in [0, 0.05) is 10.8 Å². The monoisotopic (exact) mass is 256 g/mol. The molecule has 0 aromatic heterocycles. The van der Waals surface area contributed by atoms with Crippen molar-refractivity contribution < 1.29 is 4.79 Å². The van der Waals surface area contributed by atoms with Crippen LogP contribution in [0, 0.1) is 0 Å². The molecule has 0 heterocycles. The summed E-state index contributed by atoms with van der Waals surface area (Å²) in [5, 5.41) is 3.02. The molecule has 0 aromatic rings. The molecule has 0 spiro atoms. The minimum atomic E-state index is -0.0560. The van der Waals surface area contributed by atoms with Crippen molar-refractivity contribution in [1.82, 2.24) is 5.32 Å². The van der Waals surface area contributed by atoms with E-state index in [2.05, 4.69) is 11.4 Å². The van der Waals surface area contributed by atoms with Gasteiger partial charge in [-0.1, -0.05) is 51.1 Å². The highest BCUT2D eigenvalue weighted by molar-refractivity contribution is 8.14. The Morgan fingerprint density at radius 3 is 2.76 bits per heavy atom. The van der Waals surface area contributed by atoms with Gasteiger partial charge in [0.1, 0.15) is 0 Å². The summed E-state index contributed by atoms with van der Waals surface area (Å²) in [6, 6.07) is 0.0220. The topological polar surface area (TPSA) is 55.1 Å². The van der Waals surface area contributed by atoms with Gasteiger partial charge in [0.2, 0.25) is 0 Å². The Bertz CT molecular complexity index is 284. The van der Waals surface area contributed by atoms with E-state index in [1.165, 1.54) is 18.2 Å². The van der Waals surface area contributed by atoms with Gasteiger partial charge in [-0.15, -0.1) is 0 Å². The Hall–Kier alpha value is -0.480. The Kier molecular flexibility index (Phi) is 5.53. The lowest BCUT2D eigenvalue weighted by molar-refractivity contribution is 0.257. The van der Waals surface area contributed by atoms with Gasteiger partial charge in [0.05, 0.1) is 6.04 Å². The molecule has 17 heavy (non-hydrogen) atoms. The Morgan fingerprint density at radius 1 is 1.41 bits per heavy atom. The summed E-state index contributed by atoms with van der Waals surface area (Å²) in [6.45, 7) is 6.10. The first-order chi connectivity index (χ1) is 7.88. The summed E-state index contributed by atoms with van der Waals surface area (Å²) >= 11 is 1.32. The van der Waals surface area contributed by atoms with Crippen LogP contribution >= 0.6 is 11.8 Å². The van der Waals surface area contributed by atoms with Gasteiger partial charge in [-0.25, -0.2) is 0 Å². The molecule has 98 valence electrons. The number of hydrogen-bond donors (Lipinski definition) is 2. The van der Waals surface area contributed by atoms with Crippen molar-refractivity contribution in [2.45, 2.75) is 63.3 Å². The summed E-state index contributed by atoms with van der Waals surface area (Å²) in [5.41, 5.74) is 6.09. The Morgan fingerprint density at radius 2 is 2.12 bits per heavy atom. The Balaban J connectivity index is 2.52. The number of carbonyl (C=O) groups is 1. The Labute approximate surface area is 109 Å². The molecule has 0 fully saturated rings. The fourth-order valence-electron chi connectivity index (χ4n) is 1.81. The normalized spacial score (nSPS) is 28.0. The third-order valence-corrected chi connectivity index (χ3v) is 3.56. The van der Waals surface area contributed by atoms with Crippen molar-refractivity contribution in [1.29, 1.82) is 0 Å². The largest absolute Gasteiger partial charge is 0.339 e.